The monoisotopic (exact) mass is 239 g/mol. The number of ether oxygens (including phenoxy) is 1. The first-order valence-electron chi connectivity index (χ1n) is 3.68. The van der Waals surface area contributed by atoms with Gasteiger partial charge in [-0.25, -0.2) is 4.42 Å². The Morgan fingerprint density at radius 3 is 2.60 bits per heavy atom. The average Bonchev–Trinajstić information content (AvgIpc) is 2.14. The summed E-state index contributed by atoms with van der Waals surface area (Å²) in [6.45, 7) is 0. The maximum Gasteiger partial charge on any atom is 0.573 e. The SMILES string of the molecule is O=CN(Cl)c1cccc(OC(F)(F)F)c1. The van der Waals surface area contributed by atoms with Crippen LogP contribution in [0, 0.1) is 0 Å². The lowest BCUT2D eigenvalue weighted by Gasteiger charge is -2.11. The Labute approximate surface area is 88.1 Å². The largest absolute Gasteiger partial charge is 0.573 e. The van der Waals surface area contributed by atoms with E-state index in [2.05, 4.69) is 4.74 Å². The third-order valence-electron chi connectivity index (χ3n) is 1.39. The van der Waals surface area contributed by atoms with Crippen molar-refractivity contribution in [2.24, 2.45) is 0 Å². The van der Waals surface area contributed by atoms with Gasteiger partial charge in [-0.05, 0) is 12.1 Å². The van der Waals surface area contributed by atoms with Crippen LogP contribution < -0.4 is 9.16 Å². The molecular weight excluding hydrogens is 235 g/mol. The number of rotatable bonds is 3. The first-order chi connectivity index (χ1) is 6.92. The molecule has 0 saturated carbocycles. The highest BCUT2D eigenvalue weighted by atomic mass is 35.5. The lowest BCUT2D eigenvalue weighted by atomic mass is 10.3. The Morgan fingerprint density at radius 1 is 1.40 bits per heavy atom. The Kier molecular flexibility index (Phi) is 3.41. The highest BCUT2D eigenvalue weighted by Crippen LogP contribution is 2.26. The van der Waals surface area contributed by atoms with Crippen LogP contribution in [0.15, 0.2) is 24.3 Å². The highest BCUT2D eigenvalue weighted by molar-refractivity contribution is 6.33. The molecule has 0 aliphatic heterocycles. The van der Waals surface area contributed by atoms with E-state index in [0.717, 1.165) is 12.1 Å². The molecule has 3 nitrogen and oxygen atoms in total. The van der Waals surface area contributed by atoms with Crippen molar-refractivity contribution in [3.8, 4) is 5.75 Å². The van der Waals surface area contributed by atoms with Crippen molar-refractivity contribution in [1.29, 1.82) is 0 Å². The molecular formula is C8H5ClF3NO2. The second kappa shape index (κ2) is 4.39. The van der Waals surface area contributed by atoms with Crippen LogP contribution in [0.2, 0.25) is 0 Å². The summed E-state index contributed by atoms with van der Waals surface area (Å²) in [4.78, 5) is 10.2. The molecule has 1 aromatic rings. The van der Waals surface area contributed by atoms with Crippen LogP contribution in [-0.4, -0.2) is 12.8 Å². The first kappa shape index (κ1) is 11.6. The number of anilines is 1. The van der Waals surface area contributed by atoms with Crippen LogP contribution in [0.5, 0.6) is 5.75 Å². The van der Waals surface area contributed by atoms with Crippen LogP contribution in [0.3, 0.4) is 0 Å². The van der Waals surface area contributed by atoms with Gasteiger partial charge in [0.25, 0.3) is 0 Å². The smallest absolute Gasteiger partial charge is 0.406 e. The number of halogens is 4. The van der Waals surface area contributed by atoms with Gasteiger partial charge >= 0.3 is 6.36 Å². The van der Waals surface area contributed by atoms with Gasteiger partial charge in [0.2, 0.25) is 6.41 Å². The van der Waals surface area contributed by atoms with Gasteiger partial charge in [-0.3, -0.25) is 4.79 Å². The molecule has 0 bridgehead atoms. The number of carbonyl (C=O) groups is 1. The third kappa shape index (κ3) is 3.67. The number of nitrogens with zero attached hydrogens (tertiary/aromatic N) is 1. The lowest BCUT2D eigenvalue weighted by molar-refractivity contribution is -0.274. The number of carbonyl (C=O) groups excluding carboxylic acids is 1. The van der Waals surface area contributed by atoms with Gasteiger partial charge in [0.05, 0.1) is 5.69 Å². The standard InChI is InChI=1S/C8H5ClF3NO2/c9-13(5-14)6-2-1-3-7(4-6)15-8(10,11)12/h1-5H. The fourth-order valence-corrected chi connectivity index (χ4v) is 0.979. The molecule has 0 radical (unpaired) electrons. The van der Waals surface area contributed by atoms with E-state index < -0.39 is 12.1 Å². The van der Waals surface area contributed by atoms with Gasteiger partial charge in [-0.2, -0.15) is 0 Å². The van der Waals surface area contributed by atoms with E-state index in [1.165, 1.54) is 12.1 Å². The van der Waals surface area contributed by atoms with Gasteiger partial charge < -0.3 is 4.74 Å². The van der Waals surface area contributed by atoms with Crippen molar-refractivity contribution in [2.75, 3.05) is 4.42 Å². The van der Waals surface area contributed by atoms with Gasteiger partial charge in [0.1, 0.15) is 5.75 Å². The van der Waals surface area contributed by atoms with Gasteiger partial charge in [-0.1, -0.05) is 6.07 Å². The maximum absolute atomic E-state index is 11.8. The summed E-state index contributed by atoms with van der Waals surface area (Å²) in [6, 6.07) is 4.75. The zero-order chi connectivity index (χ0) is 11.5. The minimum absolute atomic E-state index is 0.0911. The lowest BCUT2D eigenvalue weighted by Crippen LogP contribution is -2.17. The summed E-state index contributed by atoms with van der Waals surface area (Å²) in [5.74, 6) is -0.437. The zero-order valence-electron chi connectivity index (χ0n) is 7.16. The Bertz CT molecular complexity index is 356. The molecule has 1 rings (SSSR count). The normalized spacial score (nSPS) is 10.9. The number of hydrogen-bond acceptors (Lipinski definition) is 2. The summed E-state index contributed by atoms with van der Waals surface area (Å²) in [5.41, 5.74) is 0.0911. The molecule has 0 saturated heterocycles. The number of alkyl halides is 3. The molecule has 0 atom stereocenters. The van der Waals surface area contributed by atoms with E-state index in [0.29, 0.717) is 4.42 Å². The maximum atomic E-state index is 11.8. The first-order valence-corrected chi connectivity index (χ1v) is 4.02. The van der Waals surface area contributed by atoms with Crippen LogP contribution in [0.4, 0.5) is 18.9 Å². The van der Waals surface area contributed by atoms with E-state index in [-0.39, 0.29) is 12.1 Å². The van der Waals surface area contributed by atoms with Crippen molar-refractivity contribution in [3.05, 3.63) is 24.3 Å². The van der Waals surface area contributed by atoms with Gasteiger partial charge in [0, 0.05) is 17.8 Å². The van der Waals surface area contributed by atoms with Crippen molar-refractivity contribution in [1.82, 2.24) is 0 Å². The Morgan fingerprint density at radius 2 is 2.07 bits per heavy atom. The summed E-state index contributed by atoms with van der Waals surface area (Å²) in [7, 11) is 0. The third-order valence-corrected chi connectivity index (χ3v) is 1.67. The second-order valence-electron chi connectivity index (χ2n) is 2.46. The molecule has 0 heterocycles. The predicted molar refractivity (Wildman–Crippen MR) is 47.5 cm³/mol. The van der Waals surface area contributed by atoms with Crippen molar-refractivity contribution in [3.63, 3.8) is 0 Å². The zero-order valence-corrected chi connectivity index (χ0v) is 7.92. The molecule has 0 N–H and O–H groups in total. The van der Waals surface area contributed by atoms with Crippen LogP contribution >= 0.6 is 11.8 Å². The summed E-state index contributed by atoms with van der Waals surface area (Å²) >= 11 is 5.36. The van der Waals surface area contributed by atoms with Gasteiger partial charge in [0.15, 0.2) is 0 Å². The van der Waals surface area contributed by atoms with E-state index in [4.69, 9.17) is 11.8 Å². The molecule has 82 valence electrons. The quantitative estimate of drug-likeness (QED) is 0.600. The second-order valence-corrected chi connectivity index (χ2v) is 2.83. The molecule has 0 aliphatic rings. The highest BCUT2D eigenvalue weighted by Gasteiger charge is 2.31. The van der Waals surface area contributed by atoms with E-state index in [9.17, 15) is 18.0 Å². The van der Waals surface area contributed by atoms with Crippen LogP contribution in [0.1, 0.15) is 0 Å². The molecule has 0 aromatic heterocycles. The number of amides is 1. The minimum atomic E-state index is -4.77. The minimum Gasteiger partial charge on any atom is -0.406 e. The van der Waals surface area contributed by atoms with Crippen molar-refractivity contribution in [2.45, 2.75) is 6.36 Å². The molecule has 7 heteroatoms. The van der Waals surface area contributed by atoms with Gasteiger partial charge in [-0.15, -0.1) is 13.2 Å². The van der Waals surface area contributed by atoms with Crippen molar-refractivity contribution >= 4 is 23.9 Å². The molecule has 0 aliphatic carbocycles. The Hall–Kier alpha value is -1.43. The van der Waals surface area contributed by atoms with Crippen LogP contribution in [0.25, 0.3) is 0 Å². The average molecular weight is 240 g/mol. The molecule has 1 aromatic carbocycles. The van der Waals surface area contributed by atoms with E-state index >= 15 is 0 Å². The predicted octanol–water partition coefficient (Wildman–Crippen LogP) is 2.70. The molecule has 1 amide bonds. The topological polar surface area (TPSA) is 29.5 Å². The Balaban J connectivity index is 2.88. The summed E-state index contributed by atoms with van der Waals surface area (Å²) in [6.07, 6.45) is -4.51. The number of benzene rings is 1. The summed E-state index contributed by atoms with van der Waals surface area (Å²) in [5, 5.41) is 0. The van der Waals surface area contributed by atoms with Crippen LogP contribution in [-0.2, 0) is 4.79 Å². The summed E-state index contributed by atoms with van der Waals surface area (Å²) < 4.78 is 39.7. The van der Waals surface area contributed by atoms with E-state index in [1.54, 1.807) is 0 Å². The fourth-order valence-electron chi connectivity index (χ4n) is 0.874. The molecule has 0 unspecified atom stereocenters. The molecule has 15 heavy (non-hydrogen) atoms. The molecule has 0 fully saturated rings. The van der Waals surface area contributed by atoms with E-state index in [1.807, 2.05) is 0 Å². The van der Waals surface area contributed by atoms with Crippen molar-refractivity contribution < 1.29 is 22.7 Å². The number of hydrogen-bond donors (Lipinski definition) is 0. The fraction of sp³-hybridized carbons (Fsp3) is 0.125. The molecule has 0 spiro atoms.